The summed E-state index contributed by atoms with van der Waals surface area (Å²) in [5.74, 6) is 1.68. The van der Waals surface area contributed by atoms with Gasteiger partial charge < -0.3 is 4.74 Å². The molecule has 1 aliphatic heterocycles. The first-order chi connectivity index (χ1) is 7.96. The van der Waals surface area contributed by atoms with E-state index < -0.39 is 0 Å². The van der Waals surface area contributed by atoms with Crippen molar-refractivity contribution in [3.8, 4) is 0 Å². The van der Waals surface area contributed by atoms with Crippen LogP contribution in [0.2, 0.25) is 0 Å². The molecule has 1 saturated heterocycles. The minimum atomic E-state index is -0.123. The topological polar surface area (TPSA) is 26.3 Å². The predicted molar refractivity (Wildman–Crippen MR) is 66.3 cm³/mol. The first-order valence-corrected chi connectivity index (χ1v) is 6.56. The van der Waals surface area contributed by atoms with Crippen LogP contribution in [-0.4, -0.2) is 12.6 Å². The normalized spacial score (nSPS) is 38.8. The molecule has 2 aliphatic carbocycles. The second kappa shape index (κ2) is 3.47. The summed E-state index contributed by atoms with van der Waals surface area (Å²) < 4.78 is 5.13. The van der Waals surface area contributed by atoms with Gasteiger partial charge in [0.25, 0.3) is 0 Å². The van der Waals surface area contributed by atoms with E-state index in [-0.39, 0.29) is 5.97 Å². The van der Waals surface area contributed by atoms with Crippen molar-refractivity contribution < 1.29 is 9.53 Å². The standard InChI is InChI=1S/C15H20O2/c1-9-4-12-11(8-17-14(12)16)5-10-6-15(2,3)7-13(9)10/h4-5,9-10,13H,6-8H2,1-3H3/t9-,10+,13-/m0/s1. The highest BCUT2D eigenvalue weighted by molar-refractivity contribution is 5.96. The van der Waals surface area contributed by atoms with E-state index in [2.05, 4.69) is 32.9 Å². The molecule has 0 N–H and O–H groups in total. The van der Waals surface area contributed by atoms with Gasteiger partial charge in [-0.15, -0.1) is 0 Å². The molecular weight excluding hydrogens is 212 g/mol. The molecule has 1 saturated carbocycles. The van der Waals surface area contributed by atoms with Crippen LogP contribution < -0.4 is 0 Å². The summed E-state index contributed by atoms with van der Waals surface area (Å²) in [5.41, 5.74) is 2.41. The van der Waals surface area contributed by atoms with Crippen LogP contribution in [0.1, 0.15) is 33.6 Å². The van der Waals surface area contributed by atoms with Crippen LogP contribution in [0.25, 0.3) is 0 Å². The lowest BCUT2D eigenvalue weighted by molar-refractivity contribution is -0.135. The summed E-state index contributed by atoms with van der Waals surface area (Å²) in [6.07, 6.45) is 6.97. The Labute approximate surface area is 103 Å². The zero-order valence-electron chi connectivity index (χ0n) is 10.8. The van der Waals surface area contributed by atoms with Crippen LogP contribution in [0.3, 0.4) is 0 Å². The molecule has 2 fully saturated rings. The van der Waals surface area contributed by atoms with Crippen LogP contribution in [0.4, 0.5) is 0 Å². The molecule has 0 aromatic heterocycles. The number of rotatable bonds is 0. The fraction of sp³-hybridized carbons (Fsp3) is 0.667. The minimum absolute atomic E-state index is 0.123. The molecule has 2 nitrogen and oxygen atoms in total. The molecular formula is C15H20O2. The molecule has 0 amide bonds. The van der Waals surface area contributed by atoms with E-state index in [1.807, 2.05) is 0 Å². The Balaban J connectivity index is 1.99. The molecule has 0 aromatic rings. The molecule has 0 radical (unpaired) electrons. The number of hydrogen-bond donors (Lipinski definition) is 0. The molecule has 0 spiro atoms. The summed E-state index contributed by atoms with van der Waals surface area (Å²) in [5, 5.41) is 0. The highest BCUT2D eigenvalue weighted by Crippen LogP contribution is 2.51. The maximum absolute atomic E-state index is 11.6. The van der Waals surface area contributed by atoms with E-state index in [9.17, 15) is 4.79 Å². The lowest BCUT2D eigenvalue weighted by Crippen LogP contribution is -2.13. The van der Waals surface area contributed by atoms with Crippen LogP contribution >= 0.6 is 0 Å². The molecule has 3 rings (SSSR count). The first kappa shape index (κ1) is 11.1. The molecule has 2 heteroatoms. The zero-order chi connectivity index (χ0) is 12.2. The summed E-state index contributed by atoms with van der Waals surface area (Å²) in [4.78, 5) is 11.6. The van der Waals surface area contributed by atoms with Crippen molar-refractivity contribution in [3.63, 3.8) is 0 Å². The van der Waals surface area contributed by atoms with E-state index in [0.29, 0.717) is 29.8 Å². The summed E-state index contributed by atoms with van der Waals surface area (Å²) >= 11 is 0. The number of fused-ring (bicyclic) bond motifs is 2. The van der Waals surface area contributed by atoms with Gasteiger partial charge in [-0.2, -0.15) is 0 Å². The number of carbonyl (C=O) groups excluding carboxylic acids is 1. The van der Waals surface area contributed by atoms with E-state index in [1.165, 1.54) is 12.8 Å². The van der Waals surface area contributed by atoms with Gasteiger partial charge in [0, 0.05) is 0 Å². The third-order valence-corrected chi connectivity index (χ3v) is 4.57. The second-order valence-corrected chi connectivity index (χ2v) is 6.61. The maximum Gasteiger partial charge on any atom is 0.338 e. The Bertz CT molecular complexity index is 428. The molecule has 3 atom stereocenters. The summed E-state index contributed by atoms with van der Waals surface area (Å²) in [6.45, 7) is 7.44. The predicted octanol–water partition coefficient (Wildman–Crippen LogP) is 3.10. The highest BCUT2D eigenvalue weighted by atomic mass is 16.5. The van der Waals surface area contributed by atoms with Crippen molar-refractivity contribution in [2.75, 3.05) is 6.61 Å². The second-order valence-electron chi connectivity index (χ2n) is 6.61. The lowest BCUT2D eigenvalue weighted by Gasteiger charge is -2.20. The van der Waals surface area contributed by atoms with Crippen molar-refractivity contribution in [3.05, 3.63) is 23.3 Å². The van der Waals surface area contributed by atoms with Gasteiger partial charge in [0.2, 0.25) is 0 Å². The zero-order valence-corrected chi connectivity index (χ0v) is 10.8. The Hall–Kier alpha value is -1.05. The van der Waals surface area contributed by atoms with Crippen LogP contribution in [-0.2, 0) is 9.53 Å². The van der Waals surface area contributed by atoms with E-state index in [4.69, 9.17) is 4.74 Å². The van der Waals surface area contributed by atoms with Gasteiger partial charge in [0.15, 0.2) is 0 Å². The number of cyclic esters (lactones) is 1. The molecule has 0 unspecified atom stereocenters. The molecule has 1 heterocycles. The van der Waals surface area contributed by atoms with E-state index in [0.717, 1.165) is 11.1 Å². The van der Waals surface area contributed by atoms with Gasteiger partial charge in [0.05, 0.1) is 5.57 Å². The van der Waals surface area contributed by atoms with Gasteiger partial charge in [0.1, 0.15) is 6.61 Å². The number of carbonyl (C=O) groups is 1. The first-order valence-electron chi connectivity index (χ1n) is 6.56. The Morgan fingerprint density at radius 2 is 2.06 bits per heavy atom. The summed E-state index contributed by atoms with van der Waals surface area (Å²) in [7, 11) is 0. The monoisotopic (exact) mass is 232 g/mol. The maximum atomic E-state index is 11.6. The smallest absolute Gasteiger partial charge is 0.338 e. The molecule has 3 aliphatic rings. The molecule has 0 bridgehead atoms. The SMILES string of the molecule is C[C@H]1C=C2C(=O)OCC2=C[C@@H]2CC(C)(C)C[C@H]21. The van der Waals surface area contributed by atoms with Crippen LogP contribution in [0, 0.1) is 23.2 Å². The minimum Gasteiger partial charge on any atom is -0.457 e. The number of hydrogen-bond acceptors (Lipinski definition) is 2. The van der Waals surface area contributed by atoms with Gasteiger partial charge in [-0.3, -0.25) is 0 Å². The number of allylic oxidation sites excluding steroid dienone is 2. The van der Waals surface area contributed by atoms with Gasteiger partial charge in [-0.1, -0.05) is 32.9 Å². The molecule has 17 heavy (non-hydrogen) atoms. The van der Waals surface area contributed by atoms with Gasteiger partial charge in [-0.05, 0) is 41.6 Å². The third-order valence-electron chi connectivity index (χ3n) is 4.57. The van der Waals surface area contributed by atoms with Crippen molar-refractivity contribution in [1.82, 2.24) is 0 Å². The quantitative estimate of drug-likeness (QED) is 0.600. The van der Waals surface area contributed by atoms with E-state index >= 15 is 0 Å². The average molecular weight is 232 g/mol. The summed E-state index contributed by atoms with van der Waals surface area (Å²) in [6, 6.07) is 0. The van der Waals surface area contributed by atoms with Crippen LogP contribution in [0.15, 0.2) is 23.3 Å². The Morgan fingerprint density at radius 1 is 1.29 bits per heavy atom. The fourth-order valence-corrected chi connectivity index (χ4v) is 3.81. The van der Waals surface area contributed by atoms with Crippen molar-refractivity contribution in [2.24, 2.45) is 23.2 Å². The lowest BCUT2D eigenvalue weighted by atomic mass is 9.84. The van der Waals surface area contributed by atoms with E-state index in [1.54, 1.807) is 0 Å². The molecule has 0 aromatic carbocycles. The number of ether oxygens (including phenoxy) is 1. The highest BCUT2D eigenvalue weighted by Gasteiger charge is 2.43. The largest absolute Gasteiger partial charge is 0.457 e. The Morgan fingerprint density at radius 3 is 2.82 bits per heavy atom. The van der Waals surface area contributed by atoms with Crippen molar-refractivity contribution >= 4 is 5.97 Å². The Kier molecular flexibility index (Phi) is 2.26. The fourth-order valence-electron chi connectivity index (χ4n) is 3.81. The van der Waals surface area contributed by atoms with Gasteiger partial charge >= 0.3 is 5.97 Å². The van der Waals surface area contributed by atoms with Gasteiger partial charge in [-0.25, -0.2) is 4.79 Å². The third kappa shape index (κ3) is 1.74. The number of esters is 1. The van der Waals surface area contributed by atoms with Crippen molar-refractivity contribution in [2.45, 2.75) is 33.6 Å². The average Bonchev–Trinajstić information content (AvgIpc) is 2.68. The molecule has 92 valence electrons. The van der Waals surface area contributed by atoms with Crippen molar-refractivity contribution in [1.29, 1.82) is 0 Å². The van der Waals surface area contributed by atoms with Crippen LogP contribution in [0.5, 0.6) is 0 Å².